The Kier molecular flexibility index (Phi) is 3.63. The van der Waals surface area contributed by atoms with E-state index in [1.165, 1.54) is 0 Å². The molecule has 0 aliphatic rings. The summed E-state index contributed by atoms with van der Waals surface area (Å²) in [5.74, 6) is 0.642. The standard InChI is InChI=1S/C20H14O4/c21-18-16-8-4-5-9-17(16)24-19(15-6-2-1-3-7-15)20(18)23-13-14-10-11-22-12-14/h1-12H,13H2. The van der Waals surface area contributed by atoms with Crippen LogP contribution in [0.2, 0.25) is 0 Å². The first-order valence-corrected chi connectivity index (χ1v) is 7.58. The topological polar surface area (TPSA) is 52.6 Å². The summed E-state index contributed by atoms with van der Waals surface area (Å²) in [6, 6.07) is 18.4. The second kappa shape index (κ2) is 6.08. The van der Waals surface area contributed by atoms with Crippen LogP contribution in [-0.4, -0.2) is 0 Å². The number of furan rings is 1. The average Bonchev–Trinajstić information content (AvgIpc) is 3.15. The highest BCUT2D eigenvalue weighted by Gasteiger charge is 2.17. The first-order valence-electron chi connectivity index (χ1n) is 7.58. The third-order valence-electron chi connectivity index (χ3n) is 3.76. The van der Waals surface area contributed by atoms with Crippen molar-refractivity contribution in [3.8, 4) is 17.1 Å². The molecule has 0 saturated heterocycles. The maximum Gasteiger partial charge on any atom is 0.235 e. The van der Waals surface area contributed by atoms with Crippen molar-refractivity contribution in [2.75, 3.05) is 0 Å². The molecule has 0 radical (unpaired) electrons. The molecule has 118 valence electrons. The summed E-state index contributed by atoms with van der Waals surface area (Å²) in [6.45, 7) is 0.236. The van der Waals surface area contributed by atoms with Crippen molar-refractivity contribution in [2.45, 2.75) is 6.61 Å². The summed E-state index contributed by atoms with van der Waals surface area (Å²) in [5.41, 5.74) is 2.00. The van der Waals surface area contributed by atoms with Crippen LogP contribution in [0.5, 0.6) is 5.75 Å². The van der Waals surface area contributed by atoms with Gasteiger partial charge >= 0.3 is 0 Å². The van der Waals surface area contributed by atoms with Gasteiger partial charge in [0.25, 0.3) is 0 Å². The minimum Gasteiger partial charge on any atom is -0.481 e. The molecule has 4 rings (SSSR count). The molecule has 0 spiro atoms. The Morgan fingerprint density at radius 2 is 1.71 bits per heavy atom. The molecule has 0 saturated carbocycles. The van der Waals surface area contributed by atoms with E-state index >= 15 is 0 Å². The maximum atomic E-state index is 12.9. The molecular formula is C20H14O4. The van der Waals surface area contributed by atoms with E-state index in [1.54, 1.807) is 36.8 Å². The van der Waals surface area contributed by atoms with Crippen molar-refractivity contribution < 1.29 is 13.6 Å². The summed E-state index contributed by atoms with van der Waals surface area (Å²) in [6.07, 6.45) is 3.16. The van der Waals surface area contributed by atoms with Gasteiger partial charge < -0.3 is 13.6 Å². The molecule has 2 aromatic carbocycles. The number of rotatable bonds is 4. The number of ether oxygens (including phenoxy) is 1. The van der Waals surface area contributed by atoms with Crippen molar-refractivity contribution in [1.82, 2.24) is 0 Å². The zero-order valence-corrected chi connectivity index (χ0v) is 12.8. The van der Waals surface area contributed by atoms with Gasteiger partial charge in [0.15, 0.2) is 5.76 Å². The van der Waals surface area contributed by atoms with Crippen LogP contribution < -0.4 is 10.2 Å². The molecule has 2 heterocycles. The normalized spacial score (nSPS) is 10.8. The van der Waals surface area contributed by atoms with Gasteiger partial charge in [-0.1, -0.05) is 42.5 Å². The largest absolute Gasteiger partial charge is 0.481 e. The predicted molar refractivity (Wildman–Crippen MR) is 91.0 cm³/mol. The number of benzene rings is 2. The second-order valence-corrected chi connectivity index (χ2v) is 5.37. The molecule has 0 amide bonds. The van der Waals surface area contributed by atoms with Crippen LogP contribution in [0.25, 0.3) is 22.3 Å². The van der Waals surface area contributed by atoms with E-state index in [1.807, 2.05) is 36.4 Å². The molecule has 0 N–H and O–H groups in total. The summed E-state index contributed by atoms with van der Waals surface area (Å²) >= 11 is 0. The van der Waals surface area contributed by atoms with E-state index in [-0.39, 0.29) is 17.8 Å². The molecule has 0 bridgehead atoms. The van der Waals surface area contributed by atoms with Gasteiger partial charge in [0, 0.05) is 11.1 Å². The molecule has 24 heavy (non-hydrogen) atoms. The molecule has 2 aromatic heterocycles. The quantitative estimate of drug-likeness (QED) is 0.550. The first kappa shape index (κ1) is 14.3. The van der Waals surface area contributed by atoms with Crippen LogP contribution in [0.3, 0.4) is 0 Å². The molecule has 4 heteroatoms. The number of para-hydroxylation sites is 1. The number of hydrogen-bond acceptors (Lipinski definition) is 4. The monoisotopic (exact) mass is 318 g/mol. The summed E-state index contributed by atoms with van der Waals surface area (Å²) in [4.78, 5) is 12.9. The Hall–Kier alpha value is -3.27. The van der Waals surface area contributed by atoms with E-state index in [2.05, 4.69) is 0 Å². The first-order chi connectivity index (χ1) is 11.8. The Bertz CT molecular complexity index is 1010. The van der Waals surface area contributed by atoms with Crippen LogP contribution >= 0.6 is 0 Å². The molecule has 0 fully saturated rings. The molecular weight excluding hydrogens is 304 g/mol. The molecule has 4 aromatic rings. The Labute approximate surface area is 137 Å². The van der Waals surface area contributed by atoms with Crippen molar-refractivity contribution in [3.63, 3.8) is 0 Å². The SMILES string of the molecule is O=c1c(OCc2ccoc2)c(-c2ccccc2)oc2ccccc12. The lowest BCUT2D eigenvalue weighted by Gasteiger charge is -2.11. The Morgan fingerprint density at radius 3 is 2.50 bits per heavy atom. The summed E-state index contributed by atoms with van der Waals surface area (Å²) in [7, 11) is 0. The van der Waals surface area contributed by atoms with E-state index in [4.69, 9.17) is 13.6 Å². The fourth-order valence-corrected chi connectivity index (χ4v) is 2.57. The van der Waals surface area contributed by atoms with Crippen molar-refractivity contribution >= 4 is 11.0 Å². The lowest BCUT2D eigenvalue weighted by atomic mass is 10.1. The minimum atomic E-state index is -0.181. The van der Waals surface area contributed by atoms with Gasteiger partial charge in [0.05, 0.1) is 17.9 Å². The third-order valence-corrected chi connectivity index (χ3v) is 3.76. The van der Waals surface area contributed by atoms with E-state index < -0.39 is 0 Å². The lowest BCUT2D eigenvalue weighted by Crippen LogP contribution is -2.10. The average molecular weight is 318 g/mol. The van der Waals surface area contributed by atoms with Gasteiger partial charge in [0.1, 0.15) is 12.2 Å². The van der Waals surface area contributed by atoms with Crippen LogP contribution in [0.1, 0.15) is 5.56 Å². The van der Waals surface area contributed by atoms with Crippen LogP contribution in [0.15, 0.2) is 86.8 Å². The van der Waals surface area contributed by atoms with Crippen LogP contribution in [-0.2, 0) is 6.61 Å². The molecule has 0 aliphatic heterocycles. The number of hydrogen-bond donors (Lipinski definition) is 0. The van der Waals surface area contributed by atoms with Gasteiger partial charge in [-0.25, -0.2) is 0 Å². The predicted octanol–water partition coefficient (Wildman–Crippen LogP) is 4.63. The lowest BCUT2D eigenvalue weighted by molar-refractivity contribution is 0.296. The van der Waals surface area contributed by atoms with Gasteiger partial charge in [-0.15, -0.1) is 0 Å². The molecule has 0 unspecified atom stereocenters. The summed E-state index contributed by atoms with van der Waals surface area (Å²) in [5, 5.41) is 0.499. The highest BCUT2D eigenvalue weighted by Crippen LogP contribution is 2.31. The van der Waals surface area contributed by atoms with Crippen molar-refractivity contribution in [3.05, 3.63) is 89.0 Å². The zero-order chi connectivity index (χ0) is 16.4. The van der Waals surface area contributed by atoms with E-state index in [9.17, 15) is 4.79 Å². The number of fused-ring (bicyclic) bond motifs is 1. The minimum absolute atomic E-state index is 0.181. The Morgan fingerprint density at radius 1 is 0.917 bits per heavy atom. The van der Waals surface area contributed by atoms with Crippen molar-refractivity contribution in [1.29, 1.82) is 0 Å². The van der Waals surface area contributed by atoms with Crippen molar-refractivity contribution in [2.24, 2.45) is 0 Å². The second-order valence-electron chi connectivity index (χ2n) is 5.37. The molecule has 4 nitrogen and oxygen atoms in total. The zero-order valence-electron chi connectivity index (χ0n) is 12.8. The maximum absolute atomic E-state index is 12.9. The van der Waals surface area contributed by atoms with Gasteiger partial charge in [-0.3, -0.25) is 4.79 Å². The molecule has 0 aliphatic carbocycles. The Balaban J connectivity index is 1.88. The van der Waals surface area contributed by atoms with Gasteiger partial charge in [0.2, 0.25) is 11.2 Å². The summed E-state index contributed by atoms with van der Waals surface area (Å²) < 4.78 is 16.8. The highest BCUT2D eigenvalue weighted by molar-refractivity contribution is 5.81. The van der Waals surface area contributed by atoms with E-state index in [0.717, 1.165) is 11.1 Å². The van der Waals surface area contributed by atoms with Crippen LogP contribution in [0, 0.1) is 0 Å². The smallest absolute Gasteiger partial charge is 0.235 e. The van der Waals surface area contributed by atoms with Gasteiger partial charge in [-0.05, 0) is 18.2 Å². The van der Waals surface area contributed by atoms with E-state index in [0.29, 0.717) is 16.7 Å². The highest BCUT2D eigenvalue weighted by atomic mass is 16.5. The third kappa shape index (κ3) is 2.58. The fourth-order valence-electron chi connectivity index (χ4n) is 2.57. The fraction of sp³-hybridized carbons (Fsp3) is 0.0500. The molecule has 0 atom stereocenters. The van der Waals surface area contributed by atoms with Gasteiger partial charge in [-0.2, -0.15) is 0 Å². The van der Waals surface area contributed by atoms with Crippen LogP contribution in [0.4, 0.5) is 0 Å².